The molecule has 2 unspecified atom stereocenters. The first-order valence-corrected chi connectivity index (χ1v) is 7.56. The monoisotopic (exact) mass is 275 g/mol. The van der Waals surface area contributed by atoms with E-state index in [-0.39, 0.29) is 12.1 Å². The molecule has 1 heterocycles. The zero-order valence-corrected chi connectivity index (χ0v) is 12.7. The number of carboxylic acids is 1. The van der Waals surface area contributed by atoms with Gasteiger partial charge in [0.25, 0.3) is 0 Å². The summed E-state index contributed by atoms with van der Waals surface area (Å²) in [5.41, 5.74) is 3.78. The van der Waals surface area contributed by atoms with Crippen molar-refractivity contribution in [3.8, 4) is 0 Å². The number of nitrogens with zero attached hydrogens (tertiary/aromatic N) is 1. The molecule has 1 aliphatic heterocycles. The number of likely N-dealkylation sites (tertiary alicyclic amines) is 1. The topological polar surface area (TPSA) is 40.5 Å². The van der Waals surface area contributed by atoms with Crippen LogP contribution in [0.5, 0.6) is 0 Å². The molecule has 2 atom stereocenters. The van der Waals surface area contributed by atoms with Gasteiger partial charge in [-0.25, -0.2) is 0 Å². The molecule has 1 aromatic rings. The quantitative estimate of drug-likeness (QED) is 0.914. The van der Waals surface area contributed by atoms with E-state index < -0.39 is 5.97 Å². The summed E-state index contributed by atoms with van der Waals surface area (Å²) in [5.74, 6) is -0.678. The minimum Gasteiger partial charge on any atom is -0.480 e. The van der Waals surface area contributed by atoms with E-state index >= 15 is 0 Å². The van der Waals surface area contributed by atoms with Gasteiger partial charge in [-0.3, -0.25) is 9.69 Å². The van der Waals surface area contributed by atoms with Crippen LogP contribution < -0.4 is 0 Å². The number of aliphatic carboxylic acids is 1. The Labute approximate surface area is 121 Å². The van der Waals surface area contributed by atoms with Gasteiger partial charge in [-0.05, 0) is 56.8 Å². The minimum absolute atomic E-state index is 0.161. The van der Waals surface area contributed by atoms with E-state index in [2.05, 4.69) is 43.9 Å². The number of rotatable bonds is 3. The first kappa shape index (κ1) is 15.0. The Morgan fingerprint density at radius 2 is 2.00 bits per heavy atom. The molecule has 0 spiro atoms. The lowest BCUT2D eigenvalue weighted by molar-refractivity contribution is -0.144. The molecule has 1 N–H and O–H groups in total. The molecule has 0 radical (unpaired) electrons. The Morgan fingerprint density at radius 1 is 1.25 bits per heavy atom. The molecular formula is C17H25NO2. The van der Waals surface area contributed by atoms with Crippen LogP contribution in [-0.2, 0) is 4.79 Å². The Bertz CT molecular complexity index is 484. The summed E-state index contributed by atoms with van der Waals surface area (Å²) in [6.07, 6.45) is 4.02. The van der Waals surface area contributed by atoms with Gasteiger partial charge in [-0.15, -0.1) is 0 Å². The molecule has 1 fully saturated rings. The summed E-state index contributed by atoms with van der Waals surface area (Å²) in [7, 11) is 0. The third-order valence-electron chi connectivity index (χ3n) is 4.59. The second-order valence-corrected chi connectivity index (χ2v) is 5.96. The molecule has 20 heavy (non-hydrogen) atoms. The van der Waals surface area contributed by atoms with Crippen molar-refractivity contribution in [1.29, 1.82) is 0 Å². The highest BCUT2D eigenvalue weighted by Crippen LogP contribution is 2.28. The average Bonchev–Trinajstić information content (AvgIpc) is 2.66. The first-order chi connectivity index (χ1) is 9.50. The van der Waals surface area contributed by atoms with E-state index in [1.807, 2.05) is 0 Å². The van der Waals surface area contributed by atoms with Crippen molar-refractivity contribution in [3.05, 3.63) is 34.9 Å². The lowest BCUT2D eigenvalue weighted by Crippen LogP contribution is -2.42. The molecule has 1 aliphatic rings. The van der Waals surface area contributed by atoms with Crippen LogP contribution in [-0.4, -0.2) is 28.6 Å². The van der Waals surface area contributed by atoms with Crippen molar-refractivity contribution in [1.82, 2.24) is 4.90 Å². The highest BCUT2D eigenvalue weighted by Gasteiger charge is 2.31. The number of carbonyl (C=O) groups is 1. The van der Waals surface area contributed by atoms with E-state index in [9.17, 15) is 9.90 Å². The second-order valence-electron chi connectivity index (χ2n) is 5.96. The average molecular weight is 275 g/mol. The number of hydrogen-bond donors (Lipinski definition) is 1. The molecule has 1 saturated heterocycles. The summed E-state index contributed by atoms with van der Waals surface area (Å²) in [5, 5.41) is 9.49. The molecular weight excluding hydrogens is 250 g/mol. The Hall–Kier alpha value is -1.35. The van der Waals surface area contributed by atoms with Crippen LogP contribution in [0.4, 0.5) is 0 Å². The van der Waals surface area contributed by atoms with Crippen molar-refractivity contribution in [2.45, 2.75) is 58.5 Å². The highest BCUT2D eigenvalue weighted by molar-refractivity contribution is 5.73. The molecule has 1 aromatic carbocycles. The molecule has 0 bridgehead atoms. The third kappa shape index (κ3) is 3.21. The van der Waals surface area contributed by atoms with Crippen LogP contribution in [0.2, 0.25) is 0 Å². The maximum Gasteiger partial charge on any atom is 0.320 e. The Balaban J connectivity index is 2.25. The molecule has 0 aromatic heterocycles. The summed E-state index contributed by atoms with van der Waals surface area (Å²) in [6.45, 7) is 7.23. The number of carboxylic acid groups (broad SMARTS) is 1. The van der Waals surface area contributed by atoms with Crippen molar-refractivity contribution in [2.24, 2.45) is 0 Å². The molecule has 2 rings (SSSR count). The molecule has 3 heteroatoms. The largest absolute Gasteiger partial charge is 0.480 e. The molecule has 0 amide bonds. The smallest absolute Gasteiger partial charge is 0.320 e. The Kier molecular flexibility index (Phi) is 4.81. The van der Waals surface area contributed by atoms with E-state index in [1.54, 1.807) is 0 Å². The molecule has 0 aliphatic carbocycles. The predicted molar refractivity (Wildman–Crippen MR) is 80.9 cm³/mol. The summed E-state index contributed by atoms with van der Waals surface area (Å²) < 4.78 is 0. The maximum absolute atomic E-state index is 11.5. The van der Waals surface area contributed by atoms with Crippen LogP contribution in [0.15, 0.2) is 18.2 Å². The van der Waals surface area contributed by atoms with Crippen LogP contribution in [0.25, 0.3) is 0 Å². The summed E-state index contributed by atoms with van der Waals surface area (Å²) in [4.78, 5) is 13.7. The Morgan fingerprint density at radius 3 is 2.65 bits per heavy atom. The predicted octanol–water partition coefficient (Wildman–Crippen LogP) is 3.69. The van der Waals surface area contributed by atoms with Gasteiger partial charge in [0.1, 0.15) is 6.04 Å². The highest BCUT2D eigenvalue weighted by atomic mass is 16.4. The minimum atomic E-state index is -0.678. The fraction of sp³-hybridized carbons (Fsp3) is 0.588. The van der Waals surface area contributed by atoms with Crippen LogP contribution >= 0.6 is 0 Å². The van der Waals surface area contributed by atoms with Gasteiger partial charge in [0.2, 0.25) is 0 Å². The van der Waals surface area contributed by atoms with Crippen molar-refractivity contribution >= 4 is 5.97 Å². The zero-order valence-electron chi connectivity index (χ0n) is 12.7. The van der Waals surface area contributed by atoms with Gasteiger partial charge in [-0.1, -0.05) is 31.0 Å². The lowest BCUT2D eigenvalue weighted by atomic mass is 9.99. The second kappa shape index (κ2) is 6.40. The third-order valence-corrected chi connectivity index (χ3v) is 4.59. The summed E-state index contributed by atoms with van der Waals surface area (Å²) >= 11 is 0. The number of hydrogen-bond acceptors (Lipinski definition) is 2. The van der Waals surface area contributed by atoms with Crippen LogP contribution in [0.3, 0.4) is 0 Å². The van der Waals surface area contributed by atoms with E-state index in [4.69, 9.17) is 0 Å². The van der Waals surface area contributed by atoms with E-state index in [0.29, 0.717) is 0 Å². The molecule has 110 valence electrons. The summed E-state index contributed by atoms with van der Waals surface area (Å²) in [6, 6.07) is 6.29. The van der Waals surface area contributed by atoms with Gasteiger partial charge >= 0.3 is 5.97 Å². The van der Waals surface area contributed by atoms with E-state index in [1.165, 1.54) is 16.7 Å². The van der Waals surface area contributed by atoms with Crippen molar-refractivity contribution in [2.75, 3.05) is 6.54 Å². The number of benzene rings is 1. The fourth-order valence-corrected chi connectivity index (χ4v) is 3.08. The van der Waals surface area contributed by atoms with Gasteiger partial charge in [0.05, 0.1) is 0 Å². The molecule has 3 nitrogen and oxygen atoms in total. The van der Waals surface area contributed by atoms with Gasteiger partial charge in [-0.2, -0.15) is 0 Å². The van der Waals surface area contributed by atoms with Gasteiger partial charge in [0, 0.05) is 6.04 Å². The van der Waals surface area contributed by atoms with Crippen molar-refractivity contribution in [3.63, 3.8) is 0 Å². The zero-order chi connectivity index (χ0) is 14.7. The van der Waals surface area contributed by atoms with E-state index in [0.717, 1.165) is 32.2 Å². The lowest BCUT2D eigenvalue weighted by Gasteiger charge is -2.33. The molecule has 0 saturated carbocycles. The number of aryl methyl sites for hydroxylation is 2. The van der Waals surface area contributed by atoms with Crippen molar-refractivity contribution < 1.29 is 9.90 Å². The van der Waals surface area contributed by atoms with Gasteiger partial charge in [0.15, 0.2) is 0 Å². The SMILES string of the molecule is Cc1ccc(C(C)N2CCCCCC2C(=O)O)cc1C. The standard InChI is InChI=1S/C17H25NO2/c1-12-8-9-15(11-13(12)2)14(3)18-10-6-4-5-7-16(18)17(19)20/h8-9,11,14,16H,4-7,10H2,1-3H3,(H,19,20). The van der Waals surface area contributed by atoms with Gasteiger partial charge < -0.3 is 5.11 Å². The normalized spacial score (nSPS) is 22.2. The van der Waals surface area contributed by atoms with Crippen LogP contribution in [0.1, 0.15) is 55.3 Å². The first-order valence-electron chi connectivity index (χ1n) is 7.56. The fourth-order valence-electron chi connectivity index (χ4n) is 3.08. The van der Waals surface area contributed by atoms with Crippen LogP contribution in [0, 0.1) is 13.8 Å². The maximum atomic E-state index is 11.5.